The van der Waals surface area contributed by atoms with Gasteiger partial charge >= 0.3 is 0 Å². The van der Waals surface area contributed by atoms with Gasteiger partial charge in [0.15, 0.2) is 0 Å². The molecule has 2 atom stereocenters. The van der Waals surface area contributed by atoms with E-state index < -0.39 is 6.29 Å². The summed E-state index contributed by atoms with van der Waals surface area (Å²) in [5.74, 6) is 0. The van der Waals surface area contributed by atoms with Crippen LogP contribution in [-0.4, -0.2) is 31.0 Å². The highest BCUT2D eigenvalue weighted by molar-refractivity contribution is 5.44. The molecule has 0 aromatic heterocycles. The van der Waals surface area contributed by atoms with Crippen LogP contribution in [0.5, 0.6) is 0 Å². The van der Waals surface area contributed by atoms with Gasteiger partial charge in [0.05, 0.1) is 0 Å². The second-order valence-corrected chi connectivity index (χ2v) is 4.23. The van der Waals surface area contributed by atoms with E-state index in [1.54, 1.807) is 0 Å². The van der Waals surface area contributed by atoms with Crippen molar-refractivity contribution in [1.29, 1.82) is 0 Å². The topological polar surface area (TPSA) is 77.1 Å². The number of nitrogens with zero attached hydrogens (tertiary/aromatic N) is 1. The van der Waals surface area contributed by atoms with Crippen LogP contribution in [0.15, 0.2) is 5.16 Å². The van der Waals surface area contributed by atoms with Crippen LogP contribution in [0.25, 0.3) is 0 Å². The lowest BCUT2D eigenvalue weighted by molar-refractivity contribution is -0.0734. The molecule has 0 aliphatic rings. The first kappa shape index (κ1) is 13.2. The Kier molecular flexibility index (Phi) is 5.49. The van der Waals surface area contributed by atoms with Gasteiger partial charge in [0.1, 0.15) is 0 Å². The summed E-state index contributed by atoms with van der Waals surface area (Å²) in [6.07, 6.45) is 1.01. The van der Waals surface area contributed by atoms with Gasteiger partial charge in [-0.25, -0.2) is 0 Å². The first-order valence-electron chi connectivity index (χ1n) is 4.51. The van der Waals surface area contributed by atoms with Crippen molar-refractivity contribution in [3.05, 3.63) is 0 Å². The Morgan fingerprint density at radius 1 is 1.50 bits per heavy atom. The summed E-state index contributed by atoms with van der Waals surface area (Å²) in [6.45, 7) is 6.14. The quantitative estimate of drug-likeness (QED) is 0.231. The van der Waals surface area contributed by atoms with Crippen molar-refractivity contribution < 1.29 is 14.7 Å². The average molecular weight is 204 g/mol. The Hall–Kier alpha value is -0.810. The third-order valence-corrected chi connectivity index (χ3v) is 2.08. The zero-order valence-electron chi connectivity index (χ0n) is 9.23. The molecule has 0 heterocycles. The molecule has 0 saturated carbocycles. The predicted octanol–water partition coefficient (Wildman–Crippen LogP) is 1.16. The molecule has 0 amide bonds. The maximum absolute atomic E-state index is 8.16. The minimum Gasteiger partial charge on any atom is -0.451 e. The molecule has 5 nitrogen and oxygen atoms in total. The summed E-state index contributed by atoms with van der Waals surface area (Å²) < 4.78 is 9.98. The lowest BCUT2D eigenvalue weighted by Gasteiger charge is -2.29. The Morgan fingerprint density at radius 3 is 2.43 bits per heavy atom. The normalized spacial score (nSPS) is 16.9. The fourth-order valence-corrected chi connectivity index (χ4v) is 0.863. The molecule has 14 heavy (non-hydrogen) atoms. The molecular formula is C9H20N2O3. The minimum atomic E-state index is -0.472. The van der Waals surface area contributed by atoms with Crippen LogP contribution < -0.4 is 5.73 Å². The molecule has 0 aromatic carbocycles. The maximum atomic E-state index is 8.16. The van der Waals surface area contributed by atoms with Gasteiger partial charge in [-0.15, -0.1) is 0 Å². The number of nitrogens with two attached hydrogens (primary N) is 1. The highest BCUT2D eigenvalue weighted by Crippen LogP contribution is 2.21. The lowest BCUT2D eigenvalue weighted by atomic mass is 9.85. The number of methoxy groups -OCH3 is 1. The summed E-state index contributed by atoms with van der Waals surface area (Å²) in [4.78, 5) is 0. The van der Waals surface area contributed by atoms with Gasteiger partial charge < -0.3 is 20.4 Å². The van der Waals surface area contributed by atoms with Gasteiger partial charge in [-0.1, -0.05) is 25.9 Å². The van der Waals surface area contributed by atoms with E-state index in [4.69, 9.17) is 20.4 Å². The smallest absolute Gasteiger partial charge is 0.214 e. The van der Waals surface area contributed by atoms with Crippen LogP contribution in [0.1, 0.15) is 27.2 Å². The van der Waals surface area contributed by atoms with Crippen molar-refractivity contribution in [2.24, 2.45) is 16.3 Å². The molecule has 84 valence electrons. The maximum Gasteiger partial charge on any atom is 0.214 e. The van der Waals surface area contributed by atoms with E-state index in [-0.39, 0.29) is 11.5 Å². The number of oxime groups is 1. The van der Waals surface area contributed by atoms with Gasteiger partial charge in [-0.05, 0) is 5.41 Å². The Morgan fingerprint density at radius 2 is 2.07 bits per heavy atom. The number of rotatable bonds is 5. The summed E-state index contributed by atoms with van der Waals surface area (Å²) in [6, 6.07) is -0.0421. The lowest BCUT2D eigenvalue weighted by Crippen LogP contribution is -2.39. The van der Waals surface area contributed by atoms with E-state index in [1.165, 1.54) is 7.11 Å². The van der Waals surface area contributed by atoms with Gasteiger partial charge in [-0.3, -0.25) is 0 Å². The van der Waals surface area contributed by atoms with E-state index in [1.807, 2.05) is 20.8 Å². The zero-order chi connectivity index (χ0) is 11.2. The largest absolute Gasteiger partial charge is 0.451 e. The van der Waals surface area contributed by atoms with Crippen molar-refractivity contribution in [2.75, 3.05) is 7.11 Å². The summed E-state index contributed by atoms with van der Waals surface area (Å²) in [5.41, 5.74) is 5.93. The summed E-state index contributed by atoms with van der Waals surface area (Å²) in [5, 5.41) is 10.9. The molecule has 0 aliphatic carbocycles. The second kappa shape index (κ2) is 5.82. The SMILES string of the molecule is CO[C@@H](CC(N)C(C)(C)C)OC=NO. The first-order valence-corrected chi connectivity index (χ1v) is 4.51. The molecule has 0 radical (unpaired) electrons. The summed E-state index contributed by atoms with van der Waals surface area (Å²) in [7, 11) is 1.52. The fourth-order valence-electron chi connectivity index (χ4n) is 0.863. The van der Waals surface area contributed by atoms with Gasteiger partial charge in [-0.2, -0.15) is 0 Å². The summed E-state index contributed by atoms with van der Waals surface area (Å²) >= 11 is 0. The number of ether oxygens (including phenoxy) is 2. The molecule has 0 rings (SSSR count). The standard InChI is InChI=1S/C9H20N2O3/c1-9(2,3)7(10)5-8(13-4)14-6-11-12/h6-8,12H,5,10H2,1-4H3/t7?,8-/m1/s1. The van der Waals surface area contributed by atoms with Crippen molar-refractivity contribution in [3.63, 3.8) is 0 Å². The van der Waals surface area contributed by atoms with Gasteiger partial charge in [0.25, 0.3) is 0 Å². The van der Waals surface area contributed by atoms with Crippen LogP contribution in [0.4, 0.5) is 0 Å². The predicted molar refractivity (Wildman–Crippen MR) is 54.2 cm³/mol. The van der Waals surface area contributed by atoms with E-state index >= 15 is 0 Å². The molecular weight excluding hydrogens is 184 g/mol. The molecule has 3 N–H and O–H groups in total. The van der Waals surface area contributed by atoms with Crippen LogP contribution >= 0.6 is 0 Å². The molecule has 0 spiro atoms. The van der Waals surface area contributed by atoms with Crippen molar-refractivity contribution in [3.8, 4) is 0 Å². The molecule has 5 heteroatoms. The van der Waals surface area contributed by atoms with E-state index in [0.29, 0.717) is 6.42 Å². The van der Waals surface area contributed by atoms with E-state index in [9.17, 15) is 0 Å². The molecule has 0 bridgehead atoms. The van der Waals surface area contributed by atoms with Crippen LogP contribution in [0.3, 0.4) is 0 Å². The van der Waals surface area contributed by atoms with Gasteiger partial charge in [0, 0.05) is 19.6 Å². The van der Waals surface area contributed by atoms with E-state index in [0.717, 1.165) is 6.40 Å². The third kappa shape index (κ3) is 5.04. The number of hydrogen-bond donors (Lipinski definition) is 2. The van der Waals surface area contributed by atoms with Crippen molar-refractivity contribution >= 4 is 6.40 Å². The van der Waals surface area contributed by atoms with Crippen molar-refractivity contribution in [2.45, 2.75) is 39.5 Å². The van der Waals surface area contributed by atoms with Crippen LogP contribution in [0, 0.1) is 5.41 Å². The molecule has 0 aliphatic heterocycles. The van der Waals surface area contributed by atoms with Gasteiger partial charge in [0.2, 0.25) is 12.7 Å². The average Bonchev–Trinajstić information content (AvgIpc) is 2.10. The second-order valence-electron chi connectivity index (χ2n) is 4.23. The highest BCUT2D eigenvalue weighted by Gasteiger charge is 2.24. The molecule has 0 saturated heterocycles. The molecule has 0 aromatic rings. The third-order valence-electron chi connectivity index (χ3n) is 2.08. The monoisotopic (exact) mass is 204 g/mol. The minimum absolute atomic E-state index is 0.00347. The van der Waals surface area contributed by atoms with Crippen LogP contribution in [-0.2, 0) is 9.47 Å². The number of hydrogen-bond acceptors (Lipinski definition) is 5. The Labute approximate surface area is 84.9 Å². The van der Waals surface area contributed by atoms with Crippen molar-refractivity contribution in [1.82, 2.24) is 0 Å². The Balaban J connectivity index is 4.04. The first-order chi connectivity index (χ1) is 6.41. The molecule has 1 unspecified atom stereocenters. The Bertz CT molecular complexity index is 177. The fraction of sp³-hybridized carbons (Fsp3) is 0.889. The highest BCUT2D eigenvalue weighted by atomic mass is 16.7. The van der Waals surface area contributed by atoms with Crippen LogP contribution in [0.2, 0.25) is 0 Å². The van der Waals surface area contributed by atoms with E-state index in [2.05, 4.69) is 5.16 Å². The molecule has 0 fully saturated rings. The zero-order valence-corrected chi connectivity index (χ0v) is 9.23.